The molecule has 5 rings (SSSR count). The molecule has 0 spiro atoms. The lowest BCUT2D eigenvalue weighted by atomic mass is 9.89. The smallest absolute Gasteiger partial charge is 0.197 e. The first-order valence-electron chi connectivity index (χ1n) is 11.2. The first-order chi connectivity index (χ1) is 15.7. The molecule has 33 heavy (non-hydrogen) atoms. The minimum atomic E-state index is -2.93. The van der Waals surface area contributed by atoms with E-state index in [0.717, 1.165) is 29.9 Å². The van der Waals surface area contributed by atoms with Crippen molar-refractivity contribution >= 4 is 26.4 Å². The maximum absolute atomic E-state index is 11.4. The summed E-state index contributed by atoms with van der Waals surface area (Å²) in [5.41, 5.74) is 6.43. The van der Waals surface area contributed by atoms with Gasteiger partial charge in [0, 0.05) is 54.5 Å². The highest BCUT2D eigenvalue weighted by Crippen LogP contribution is 2.39. The fourth-order valence-corrected chi connectivity index (χ4v) is 5.34. The van der Waals surface area contributed by atoms with E-state index in [-0.39, 0.29) is 5.75 Å². The first-order valence-corrected chi connectivity index (χ1v) is 13.2. The van der Waals surface area contributed by atoms with Gasteiger partial charge in [0.05, 0.1) is 18.6 Å². The Labute approximate surface area is 193 Å². The molecule has 8 nitrogen and oxygen atoms in total. The van der Waals surface area contributed by atoms with Crippen LogP contribution in [0.2, 0.25) is 0 Å². The molecule has 1 aliphatic rings. The number of methoxy groups -OCH3 is 1. The van der Waals surface area contributed by atoms with Gasteiger partial charge in [-0.3, -0.25) is 0 Å². The van der Waals surface area contributed by atoms with Crippen LogP contribution in [0.3, 0.4) is 0 Å². The highest BCUT2D eigenvalue weighted by Gasteiger charge is 2.29. The quantitative estimate of drug-likeness (QED) is 0.448. The van der Waals surface area contributed by atoms with Crippen molar-refractivity contribution in [3.63, 3.8) is 0 Å². The average Bonchev–Trinajstić information content (AvgIpc) is 3.35. The lowest BCUT2D eigenvalue weighted by Gasteiger charge is -2.39. The summed E-state index contributed by atoms with van der Waals surface area (Å²) in [6.45, 7) is 6.82. The second kappa shape index (κ2) is 8.14. The van der Waals surface area contributed by atoms with Crippen molar-refractivity contribution in [2.45, 2.75) is 25.7 Å². The summed E-state index contributed by atoms with van der Waals surface area (Å²) in [6, 6.07) is 8.65. The normalized spacial score (nSPS) is 15.5. The fraction of sp³-hybridized carbons (Fsp3) is 0.417. The summed E-state index contributed by atoms with van der Waals surface area (Å²) in [4.78, 5) is 10.1. The Morgan fingerprint density at radius 3 is 2.73 bits per heavy atom. The number of fused-ring (bicyclic) bond motifs is 2. The molecule has 0 radical (unpaired) electrons. The van der Waals surface area contributed by atoms with Crippen LogP contribution < -0.4 is 4.74 Å². The molecule has 0 bridgehead atoms. The van der Waals surface area contributed by atoms with Crippen LogP contribution in [0.15, 0.2) is 36.8 Å². The minimum Gasteiger partial charge on any atom is -0.493 e. The van der Waals surface area contributed by atoms with Gasteiger partial charge in [0.2, 0.25) is 0 Å². The van der Waals surface area contributed by atoms with E-state index in [0.29, 0.717) is 29.8 Å². The van der Waals surface area contributed by atoms with Crippen LogP contribution in [0.5, 0.6) is 5.75 Å². The molecule has 0 saturated carbocycles. The van der Waals surface area contributed by atoms with E-state index in [2.05, 4.69) is 52.0 Å². The Morgan fingerprint density at radius 1 is 1.24 bits per heavy atom. The molecule has 1 saturated heterocycles. The molecule has 174 valence electrons. The fourth-order valence-electron chi connectivity index (χ4n) is 4.75. The van der Waals surface area contributed by atoms with Gasteiger partial charge in [-0.1, -0.05) is 19.9 Å². The lowest BCUT2D eigenvalue weighted by Crippen LogP contribution is -2.46. The molecule has 0 amide bonds. The standard InChI is InChI=1S/C24H29N5O3S/c1-15(2)22-19-9-16(18-11-28(12-18)7-8-33(4,30)31)5-6-20(19)27-23(22)17-10-21(32-3)24-25-14-26-29(24)13-17/h5-6,9-10,13-15,18,27H,7-8,11-12H2,1-4H3. The Kier molecular flexibility index (Phi) is 5.41. The van der Waals surface area contributed by atoms with Crippen LogP contribution in [0, 0.1) is 0 Å². The number of sulfone groups is 1. The zero-order valence-corrected chi connectivity index (χ0v) is 20.2. The number of nitrogens with one attached hydrogen (secondary N) is 1. The third-order valence-electron chi connectivity index (χ3n) is 6.50. The molecule has 1 aliphatic heterocycles. The van der Waals surface area contributed by atoms with Gasteiger partial charge in [-0.05, 0) is 35.2 Å². The number of likely N-dealkylation sites (tertiary alicyclic amines) is 1. The third kappa shape index (κ3) is 4.11. The van der Waals surface area contributed by atoms with Crippen LogP contribution in [-0.4, -0.2) is 71.7 Å². The van der Waals surface area contributed by atoms with E-state index in [1.54, 1.807) is 11.6 Å². The number of aromatic nitrogens is 4. The van der Waals surface area contributed by atoms with Gasteiger partial charge in [-0.15, -0.1) is 0 Å². The number of benzene rings is 1. The molecule has 4 heterocycles. The van der Waals surface area contributed by atoms with E-state index < -0.39 is 9.84 Å². The Hall–Kier alpha value is -2.91. The monoisotopic (exact) mass is 467 g/mol. The molecule has 9 heteroatoms. The molecule has 1 aromatic carbocycles. The number of pyridine rings is 1. The molecular formula is C24H29N5O3S. The minimum absolute atomic E-state index is 0.219. The van der Waals surface area contributed by atoms with Crippen LogP contribution in [0.4, 0.5) is 0 Å². The molecule has 0 atom stereocenters. The number of ether oxygens (including phenoxy) is 1. The molecule has 0 unspecified atom stereocenters. The molecule has 3 aromatic heterocycles. The average molecular weight is 468 g/mol. The lowest BCUT2D eigenvalue weighted by molar-refractivity contribution is 0.158. The first kappa shape index (κ1) is 21.9. The van der Waals surface area contributed by atoms with Crippen molar-refractivity contribution in [3.8, 4) is 17.0 Å². The summed E-state index contributed by atoms with van der Waals surface area (Å²) in [5, 5.41) is 5.53. The van der Waals surface area contributed by atoms with Crippen molar-refractivity contribution in [2.75, 3.05) is 38.8 Å². The van der Waals surface area contributed by atoms with Crippen LogP contribution in [0.1, 0.15) is 36.8 Å². The summed E-state index contributed by atoms with van der Waals surface area (Å²) in [7, 11) is -1.28. The van der Waals surface area contributed by atoms with E-state index in [9.17, 15) is 8.42 Å². The van der Waals surface area contributed by atoms with E-state index in [4.69, 9.17) is 4.74 Å². The van der Waals surface area contributed by atoms with E-state index in [1.165, 1.54) is 29.1 Å². The molecular weight excluding hydrogens is 438 g/mol. The van der Waals surface area contributed by atoms with Gasteiger partial charge < -0.3 is 14.6 Å². The van der Waals surface area contributed by atoms with E-state index >= 15 is 0 Å². The van der Waals surface area contributed by atoms with Gasteiger partial charge in [0.15, 0.2) is 11.4 Å². The van der Waals surface area contributed by atoms with Crippen molar-refractivity contribution in [1.29, 1.82) is 0 Å². The molecule has 1 N–H and O–H groups in total. The predicted octanol–water partition coefficient (Wildman–Crippen LogP) is 3.45. The van der Waals surface area contributed by atoms with Gasteiger partial charge >= 0.3 is 0 Å². The Morgan fingerprint density at radius 2 is 2.03 bits per heavy atom. The maximum Gasteiger partial charge on any atom is 0.197 e. The summed E-state index contributed by atoms with van der Waals surface area (Å²) >= 11 is 0. The van der Waals surface area contributed by atoms with Gasteiger partial charge in [-0.2, -0.15) is 5.10 Å². The van der Waals surface area contributed by atoms with Gasteiger partial charge in [0.25, 0.3) is 0 Å². The van der Waals surface area contributed by atoms with Crippen LogP contribution in [0.25, 0.3) is 27.8 Å². The van der Waals surface area contributed by atoms with Crippen molar-refractivity contribution < 1.29 is 13.2 Å². The van der Waals surface area contributed by atoms with Crippen molar-refractivity contribution in [1.82, 2.24) is 24.5 Å². The van der Waals surface area contributed by atoms with Gasteiger partial charge in [-0.25, -0.2) is 17.9 Å². The SMILES string of the molecule is COc1cc(-c2[nH]c3ccc(C4CN(CCS(C)(=O)=O)C4)cc3c2C(C)C)cn2ncnc12. The number of aromatic amines is 1. The van der Waals surface area contributed by atoms with Gasteiger partial charge in [0.1, 0.15) is 16.2 Å². The second-order valence-corrected chi connectivity index (χ2v) is 11.5. The number of rotatable bonds is 7. The highest BCUT2D eigenvalue weighted by atomic mass is 32.2. The summed E-state index contributed by atoms with van der Waals surface area (Å²) < 4.78 is 30.2. The Balaban J connectivity index is 1.49. The molecule has 0 aliphatic carbocycles. The third-order valence-corrected chi connectivity index (χ3v) is 7.42. The Bertz CT molecular complexity index is 1430. The van der Waals surface area contributed by atoms with Crippen molar-refractivity contribution in [3.05, 3.63) is 47.9 Å². The van der Waals surface area contributed by atoms with E-state index in [1.807, 2.05) is 12.3 Å². The van der Waals surface area contributed by atoms with Crippen LogP contribution in [-0.2, 0) is 9.84 Å². The predicted molar refractivity (Wildman–Crippen MR) is 130 cm³/mol. The zero-order valence-electron chi connectivity index (χ0n) is 19.4. The molecule has 1 fully saturated rings. The highest BCUT2D eigenvalue weighted by molar-refractivity contribution is 7.90. The molecule has 4 aromatic rings. The number of H-pyrrole nitrogens is 1. The number of nitrogens with zero attached hydrogens (tertiary/aromatic N) is 4. The summed E-state index contributed by atoms with van der Waals surface area (Å²) in [6.07, 6.45) is 4.81. The number of hydrogen-bond donors (Lipinski definition) is 1. The number of hydrogen-bond acceptors (Lipinski definition) is 6. The summed E-state index contributed by atoms with van der Waals surface area (Å²) in [5.74, 6) is 1.65. The second-order valence-electron chi connectivity index (χ2n) is 9.29. The van der Waals surface area contributed by atoms with Crippen molar-refractivity contribution in [2.24, 2.45) is 0 Å². The largest absolute Gasteiger partial charge is 0.493 e. The maximum atomic E-state index is 11.4. The van der Waals surface area contributed by atoms with Crippen LogP contribution >= 0.6 is 0 Å². The zero-order chi connectivity index (χ0) is 23.3. The topological polar surface area (TPSA) is 92.6 Å².